The van der Waals surface area contributed by atoms with Crippen molar-refractivity contribution in [3.63, 3.8) is 0 Å². The van der Waals surface area contributed by atoms with Gasteiger partial charge in [-0.05, 0) is 5.56 Å². The van der Waals surface area contributed by atoms with Gasteiger partial charge in [0.2, 0.25) is 0 Å². The third-order valence-corrected chi connectivity index (χ3v) is 3.69. The molecule has 0 unspecified atom stereocenters. The fourth-order valence-corrected chi connectivity index (χ4v) is 2.61. The lowest BCUT2D eigenvalue weighted by Crippen LogP contribution is -2.02. The highest BCUT2D eigenvalue weighted by Gasteiger charge is 2.23. The Morgan fingerprint density at radius 2 is 1.50 bits per heavy atom. The predicted octanol–water partition coefficient (Wildman–Crippen LogP) is 5.30. The van der Waals surface area contributed by atoms with Gasteiger partial charge in [0.1, 0.15) is 12.0 Å². The lowest BCUT2D eigenvalue weighted by atomic mass is 9.93. The zero-order valence-electron chi connectivity index (χ0n) is 12.7. The Kier molecular flexibility index (Phi) is 3.92. The topological polar surface area (TPSA) is 30.2 Å². The van der Waals surface area contributed by atoms with Gasteiger partial charge in [0.15, 0.2) is 5.78 Å². The molecule has 0 aliphatic heterocycles. The zero-order chi connectivity index (χ0) is 15.5. The molecule has 110 valence electrons. The standard InChI is InChI=1S/C20H18O2/c1-14(2)20-18(15-9-5-3-6-10-15)17(13-22-20)19(21)16-11-7-4-8-12-16/h3-14H,1-2H3. The maximum atomic E-state index is 12.8. The summed E-state index contributed by atoms with van der Waals surface area (Å²) in [6.07, 6.45) is 1.59. The van der Waals surface area contributed by atoms with Crippen molar-refractivity contribution in [2.24, 2.45) is 0 Å². The van der Waals surface area contributed by atoms with Gasteiger partial charge >= 0.3 is 0 Å². The molecule has 3 rings (SSSR count). The highest BCUT2D eigenvalue weighted by atomic mass is 16.3. The van der Waals surface area contributed by atoms with Crippen molar-refractivity contribution in [2.45, 2.75) is 19.8 Å². The highest BCUT2D eigenvalue weighted by Crippen LogP contribution is 2.35. The Hall–Kier alpha value is -2.61. The Balaban J connectivity index is 2.15. The Morgan fingerprint density at radius 3 is 2.09 bits per heavy atom. The summed E-state index contributed by atoms with van der Waals surface area (Å²) in [7, 11) is 0. The molecular weight excluding hydrogens is 272 g/mol. The molecule has 0 saturated carbocycles. The summed E-state index contributed by atoms with van der Waals surface area (Å²) in [5.74, 6) is 1.06. The number of hydrogen-bond donors (Lipinski definition) is 0. The fourth-order valence-electron chi connectivity index (χ4n) is 2.61. The number of hydrogen-bond acceptors (Lipinski definition) is 2. The van der Waals surface area contributed by atoms with Crippen LogP contribution in [0.1, 0.15) is 41.4 Å². The normalized spacial score (nSPS) is 10.9. The molecule has 2 heteroatoms. The summed E-state index contributed by atoms with van der Waals surface area (Å²) in [6, 6.07) is 19.3. The third-order valence-electron chi connectivity index (χ3n) is 3.69. The second-order valence-electron chi connectivity index (χ2n) is 5.60. The lowest BCUT2D eigenvalue weighted by Gasteiger charge is -2.08. The first-order chi connectivity index (χ1) is 10.7. The van der Waals surface area contributed by atoms with Crippen LogP contribution in [0.15, 0.2) is 71.3 Å². The number of ketones is 1. The van der Waals surface area contributed by atoms with Crippen LogP contribution in [0.3, 0.4) is 0 Å². The van der Waals surface area contributed by atoms with E-state index < -0.39 is 0 Å². The molecule has 0 fully saturated rings. The first-order valence-electron chi connectivity index (χ1n) is 7.45. The molecule has 1 heterocycles. The van der Waals surface area contributed by atoms with Crippen molar-refractivity contribution in [3.8, 4) is 11.1 Å². The molecule has 0 spiro atoms. The Labute approximate surface area is 130 Å². The van der Waals surface area contributed by atoms with E-state index in [0.29, 0.717) is 11.1 Å². The van der Waals surface area contributed by atoms with E-state index in [9.17, 15) is 4.79 Å². The van der Waals surface area contributed by atoms with Crippen molar-refractivity contribution >= 4 is 5.78 Å². The Bertz CT molecular complexity index is 768. The smallest absolute Gasteiger partial charge is 0.196 e. The number of rotatable bonds is 4. The summed E-state index contributed by atoms with van der Waals surface area (Å²) in [5.41, 5.74) is 3.22. The molecule has 3 aromatic rings. The van der Waals surface area contributed by atoms with Gasteiger partial charge in [0.05, 0.1) is 5.56 Å². The lowest BCUT2D eigenvalue weighted by molar-refractivity contribution is 0.103. The summed E-state index contributed by atoms with van der Waals surface area (Å²) >= 11 is 0. The van der Waals surface area contributed by atoms with Crippen LogP contribution >= 0.6 is 0 Å². The molecule has 2 nitrogen and oxygen atoms in total. The second kappa shape index (κ2) is 6.02. The summed E-state index contributed by atoms with van der Waals surface area (Å²) in [5, 5.41) is 0. The van der Waals surface area contributed by atoms with Crippen molar-refractivity contribution in [3.05, 3.63) is 83.8 Å². The maximum absolute atomic E-state index is 12.8. The van der Waals surface area contributed by atoms with Crippen LogP contribution in [0.2, 0.25) is 0 Å². The monoisotopic (exact) mass is 290 g/mol. The maximum Gasteiger partial charge on any atom is 0.196 e. The quantitative estimate of drug-likeness (QED) is 0.610. The molecule has 22 heavy (non-hydrogen) atoms. The molecular formula is C20H18O2. The molecule has 0 N–H and O–H groups in total. The van der Waals surface area contributed by atoms with E-state index in [0.717, 1.165) is 16.9 Å². The van der Waals surface area contributed by atoms with Gasteiger partial charge in [0.25, 0.3) is 0 Å². The average Bonchev–Trinajstić information content (AvgIpc) is 3.01. The van der Waals surface area contributed by atoms with E-state index in [-0.39, 0.29) is 11.7 Å². The van der Waals surface area contributed by atoms with Crippen LogP contribution in [0, 0.1) is 0 Å². The van der Waals surface area contributed by atoms with Crippen molar-refractivity contribution < 1.29 is 9.21 Å². The van der Waals surface area contributed by atoms with Gasteiger partial charge in [-0.2, -0.15) is 0 Å². The fraction of sp³-hybridized carbons (Fsp3) is 0.150. The predicted molar refractivity (Wildman–Crippen MR) is 88.1 cm³/mol. The summed E-state index contributed by atoms with van der Waals surface area (Å²) < 4.78 is 5.73. The van der Waals surface area contributed by atoms with E-state index in [2.05, 4.69) is 13.8 Å². The van der Waals surface area contributed by atoms with E-state index in [1.54, 1.807) is 6.26 Å². The Morgan fingerprint density at radius 1 is 0.909 bits per heavy atom. The SMILES string of the molecule is CC(C)c1occ(C(=O)c2ccccc2)c1-c1ccccc1. The molecule has 1 aromatic heterocycles. The molecule has 0 bridgehead atoms. The molecule has 0 aliphatic carbocycles. The molecule has 0 atom stereocenters. The van der Waals surface area contributed by atoms with E-state index in [1.807, 2.05) is 60.7 Å². The minimum absolute atomic E-state index is 0.00453. The minimum Gasteiger partial charge on any atom is -0.468 e. The van der Waals surface area contributed by atoms with Crippen LogP contribution in [0.5, 0.6) is 0 Å². The van der Waals surface area contributed by atoms with Gasteiger partial charge in [-0.1, -0.05) is 74.5 Å². The molecule has 2 aromatic carbocycles. The van der Waals surface area contributed by atoms with Crippen molar-refractivity contribution in [1.29, 1.82) is 0 Å². The van der Waals surface area contributed by atoms with Crippen LogP contribution in [0.25, 0.3) is 11.1 Å². The van der Waals surface area contributed by atoms with E-state index in [1.165, 1.54) is 0 Å². The number of benzene rings is 2. The highest BCUT2D eigenvalue weighted by molar-refractivity contribution is 6.13. The molecule has 0 amide bonds. The molecule has 0 aliphatic rings. The van der Waals surface area contributed by atoms with Gasteiger partial charge in [-0.3, -0.25) is 4.79 Å². The average molecular weight is 290 g/mol. The van der Waals surface area contributed by atoms with E-state index in [4.69, 9.17) is 4.42 Å². The van der Waals surface area contributed by atoms with Crippen molar-refractivity contribution in [1.82, 2.24) is 0 Å². The van der Waals surface area contributed by atoms with Crippen LogP contribution in [0.4, 0.5) is 0 Å². The van der Waals surface area contributed by atoms with Gasteiger partial charge < -0.3 is 4.42 Å². The van der Waals surface area contributed by atoms with Crippen molar-refractivity contribution in [2.75, 3.05) is 0 Å². The van der Waals surface area contributed by atoms with Crippen LogP contribution < -0.4 is 0 Å². The summed E-state index contributed by atoms with van der Waals surface area (Å²) in [4.78, 5) is 12.8. The number of carbonyl (C=O) groups is 1. The number of furan rings is 1. The van der Waals surface area contributed by atoms with Crippen LogP contribution in [-0.4, -0.2) is 5.78 Å². The first kappa shape index (κ1) is 14.3. The second-order valence-corrected chi connectivity index (χ2v) is 5.60. The van der Waals surface area contributed by atoms with Crippen LogP contribution in [-0.2, 0) is 0 Å². The first-order valence-corrected chi connectivity index (χ1v) is 7.45. The molecule has 0 radical (unpaired) electrons. The van der Waals surface area contributed by atoms with Gasteiger partial charge in [0, 0.05) is 17.0 Å². The summed E-state index contributed by atoms with van der Waals surface area (Å²) in [6.45, 7) is 4.14. The largest absolute Gasteiger partial charge is 0.468 e. The molecule has 0 saturated heterocycles. The minimum atomic E-state index is -0.00453. The third kappa shape index (κ3) is 2.60. The van der Waals surface area contributed by atoms with Gasteiger partial charge in [-0.15, -0.1) is 0 Å². The van der Waals surface area contributed by atoms with Gasteiger partial charge in [-0.25, -0.2) is 0 Å². The number of carbonyl (C=O) groups excluding carboxylic acids is 1. The van der Waals surface area contributed by atoms with E-state index >= 15 is 0 Å². The zero-order valence-corrected chi connectivity index (χ0v) is 12.7.